The highest BCUT2D eigenvalue weighted by atomic mass is 14.6. The number of hydrogen-bond donors (Lipinski definition) is 2. The fraction of sp³-hybridized carbons (Fsp3) is 0.400. The molecule has 2 aromatic rings. The normalized spacial score (nSPS) is 21.7. The molecule has 2 heteroatoms. The summed E-state index contributed by atoms with van der Waals surface area (Å²) in [5.41, 5.74) is 16.7. The summed E-state index contributed by atoms with van der Waals surface area (Å²) in [5, 5.41) is 0. The highest BCUT2D eigenvalue weighted by Gasteiger charge is 2.18. The molecule has 4 N–H and O–H groups in total. The van der Waals surface area contributed by atoms with Crippen LogP contribution in [0.15, 0.2) is 48.5 Å². The van der Waals surface area contributed by atoms with Gasteiger partial charge in [0.1, 0.15) is 0 Å². The molecule has 0 bridgehead atoms. The van der Waals surface area contributed by atoms with Crippen molar-refractivity contribution in [2.24, 2.45) is 11.7 Å². The van der Waals surface area contributed by atoms with E-state index in [1.807, 2.05) is 12.1 Å². The second-order valence-corrected chi connectivity index (χ2v) is 6.72. The summed E-state index contributed by atoms with van der Waals surface area (Å²) < 4.78 is 0. The minimum absolute atomic E-state index is 0.443. The molecular formula is C20H26N2. The molecule has 0 unspecified atom stereocenters. The first-order chi connectivity index (χ1) is 10.7. The van der Waals surface area contributed by atoms with Gasteiger partial charge >= 0.3 is 0 Å². The SMILES string of the molecule is Nc1ccc(Cc2ccc(CC3CCC(N)CC3)cc2)cc1. The molecule has 0 radical (unpaired) electrons. The van der Waals surface area contributed by atoms with Gasteiger partial charge in [0.05, 0.1) is 0 Å². The van der Waals surface area contributed by atoms with E-state index in [-0.39, 0.29) is 0 Å². The van der Waals surface area contributed by atoms with E-state index >= 15 is 0 Å². The maximum absolute atomic E-state index is 5.98. The molecule has 116 valence electrons. The first kappa shape index (κ1) is 15.1. The quantitative estimate of drug-likeness (QED) is 0.840. The first-order valence-corrected chi connectivity index (χ1v) is 8.37. The van der Waals surface area contributed by atoms with E-state index in [0.717, 1.165) is 18.0 Å². The average molecular weight is 294 g/mol. The molecule has 0 atom stereocenters. The fourth-order valence-corrected chi connectivity index (χ4v) is 3.39. The van der Waals surface area contributed by atoms with Crippen molar-refractivity contribution in [3.63, 3.8) is 0 Å². The van der Waals surface area contributed by atoms with Crippen LogP contribution in [0, 0.1) is 5.92 Å². The Morgan fingerprint density at radius 2 is 1.23 bits per heavy atom. The zero-order valence-corrected chi connectivity index (χ0v) is 13.2. The van der Waals surface area contributed by atoms with Crippen molar-refractivity contribution < 1.29 is 0 Å². The zero-order chi connectivity index (χ0) is 15.4. The third-order valence-corrected chi connectivity index (χ3v) is 4.83. The van der Waals surface area contributed by atoms with Gasteiger partial charge in [-0.2, -0.15) is 0 Å². The minimum Gasteiger partial charge on any atom is -0.399 e. The second kappa shape index (κ2) is 6.97. The van der Waals surface area contributed by atoms with Crippen LogP contribution in [0.3, 0.4) is 0 Å². The van der Waals surface area contributed by atoms with Crippen molar-refractivity contribution in [3.05, 3.63) is 65.2 Å². The lowest BCUT2D eigenvalue weighted by Gasteiger charge is -2.26. The van der Waals surface area contributed by atoms with Crippen LogP contribution in [0.2, 0.25) is 0 Å². The highest BCUT2D eigenvalue weighted by molar-refractivity contribution is 5.40. The van der Waals surface area contributed by atoms with Crippen molar-refractivity contribution in [3.8, 4) is 0 Å². The molecule has 22 heavy (non-hydrogen) atoms. The molecular weight excluding hydrogens is 268 g/mol. The average Bonchev–Trinajstić information content (AvgIpc) is 2.54. The Hall–Kier alpha value is -1.80. The predicted molar refractivity (Wildman–Crippen MR) is 93.7 cm³/mol. The van der Waals surface area contributed by atoms with E-state index in [1.54, 1.807) is 0 Å². The Balaban J connectivity index is 1.57. The van der Waals surface area contributed by atoms with Gasteiger partial charge in [-0.05, 0) is 73.3 Å². The Bertz CT molecular complexity index is 578. The van der Waals surface area contributed by atoms with Gasteiger partial charge < -0.3 is 11.5 Å². The molecule has 2 aromatic carbocycles. The smallest absolute Gasteiger partial charge is 0.0314 e. The Morgan fingerprint density at radius 3 is 1.82 bits per heavy atom. The molecule has 1 aliphatic carbocycles. The van der Waals surface area contributed by atoms with Gasteiger partial charge in [-0.15, -0.1) is 0 Å². The van der Waals surface area contributed by atoms with Crippen molar-refractivity contribution in [2.75, 3.05) is 5.73 Å². The van der Waals surface area contributed by atoms with Crippen LogP contribution >= 0.6 is 0 Å². The van der Waals surface area contributed by atoms with Gasteiger partial charge in [-0.1, -0.05) is 36.4 Å². The van der Waals surface area contributed by atoms with Gasteiger partial charge in [-0.25, -0.2) is 0 Å². The number of nitrogen functional groups attached to an aromatic ring is 1. The van der Waals surface area contributed by atoms with Gasteiger partial charge in [0.25, 0.3) is 0 Å². The molecule has 2 nitrogen and oxygen atoms in total. The molecule has 1 fully saturated rings. The summed E-state index contributed by atoms with van der Waals surface area (Å²) >= 11 is 0. The van der Waals surface area contributed by atoms with Crippen molar-refractivity contribution in [1.82, 2.24) is 0 Å². The number of hydrogen-bond acceptors (Lipinski definition) is 2. The standard InChI is InChI=1S/C20H26N2/c21-19-9-5-17(6-10-19)13-15-1-2-16(4-3-15)14-18-7-11-20(22)12-8-18/h1-6,9-10,18,20H,7-8,11-14,21-22H2. The van der Waals surface area contributed by atoms with Crippen LogP contribution in [-0.4, -0.2) is 6.04 Å². The van der Waals surface area contributed by atoms with Crippen LogP contribution in [0.4, 0.5) is 5.69 Å². The maximum atomic E-state index is 5.98. The van der Waals surface area contributed by atoms with E-state index in [9.17, 15) is 0 Å². The summed E-state index contributed by atoms with van der Waals surface area (Å²) in [5.74, 6) is 0.822. The minimum atomic E-state index is 0.443. The lowest BCUT2D eigenvalue weighted by Crippen LogP contribution is -2.27. The summed E-state index contributed by atoms with van der Waals surface area (Å²) in [7, 11) is 0. The summed E-state index contributed by atoms with van der Waals surface area (Å²) in [6.07, 6.45) is 7.14. The topological polar surface area (TPSA) is 52.0 Å². The lowest BCUT2D eigenvalue weighted by molar-refractivity contribution is 0.325. The third-order valence-electron chi connectivity index (χ3n) is 4.83. The molecule has 0 heterocycles. The molecule has 0 aliphatic heterocycles. The van der Waals surface area contributed by atoms with Crippen LogP contribution in [0.25, 0.3) is 0 Å². The van der Waals surface area contributed by atoms with Crippen molar-refractivity contribution >= 4 is 5.69 Å². The van der Waals surface area contributed by atoms with Crippen molar-refractivity contribution in [1.29, 1.82) is 0 Å². The third kappa shape index (κ3) is 4.11. The van der Waals surface area contributed by atoms with Crippen LogP contribution in [-0.2, 0) is 12.8 Å². The van der Waals surface area contributed by atoms with Crippen LogP contribution in [0.5, 0.6) is 0 Å². The molecule has 0 aromatic heterocycles. The number of rotatable bonds is 4. The van der Waals surface area contributed by atoms with Gasteiger partial charge in [0.2, 0.25) is 0 Å². The molecule has 0 saturated heterocycles. The summed E-state index contributed by atoms with van der Waals surface area (Å²) in [6, 6.07) is 17.7. The molecule has 1 saturated carbocycles. The fourth-order valence-electron chi connectivity index (χ4n) is 3.39. The zero-order valence-electron chi connectivity index (χ0n) is 13.2. The molecule has 0 spiro atoms. The Labute approximate surface area is 133 Å². The predicted octanol–water partition coefficient (Wildman–Crippen LogP) is 3.92. The van der Waals surface area contributed by atoms with Gasteiger partial charge in [-0.3, -0.25) is 0 Å². The Morgan fingerprint density at radius 1 is 0.727 bits per heavy atom. The lowest BCUT2D eigenvalue weighted by atomic mass is 9.82. The van der Waals surface area contributed by atoms with E-state index in [2.05, 4.69) is 36.4 Å². The van der Waals surface area contributed by atoms with Crippen molar-refractivity contribution in [2.45, 2.75) is 44.6 Å². The van der Waals surface area contributed by atoms with E-state index < -0.39 is 0 Å². The van der Waals surface area contributed by atoms with Crippen LogP contribution < -0.4 is 11.5 Å². The monoisotopic (exact) mass is 294 g/mol. The first-order valence-electron chi connectivity index (χ1n) is 8.37. The van der Waals surface area contributed by atoms with E-state index in [1.165, 1.54) is 48.8 Å². The summed E-state index contributed by atoms with van der Waals surface area (Å²) in [6.45, 7) is 0. The highest BCUT2D eigenvalue weighted by Crippen LogP contribution is 2.26. The van der Waals surface area contributed by atoms with Gasteiger partial charge in [0, 0.05) is 11.7 Å². The molecule has 3 rings (SSSR count). The summed E-state index contributed by atoms with van der Waals surface area (Å²) in [4.78, 5) is 0. The molecule has 0 amide bonds. The largest absolute Gasteiger partial charge is 0.399 e. The van der Waals surface area contributed by atoms with E-state index in [4.69, 9.17) is 11.5 Å². The Kier molecular flexibility index (Phi) is 4.79. The molecule has 1 aliphatic rings. The maximum Gasteiger partial charge on any atom is 0.0314 e. The number of benzene rings is 2. The van der Waals surface area contributed by atoms with E-state index in [0.29, 0.717) is 6.04 Å². The van der Waals surface area contributed by atoms with Crippen LogP contribution in [0.1, 0.15) is 42.4 Å². The van der Waals surface area contributed by atoms with Gasteiger partial charge in [0.15, 0.2) is 0 Å². The number of anilines is 1. The second-order valence-electron chi connectivity index (χ2n) is 6.72. The number of nitrogens with two attached hydrogens (primary N) is 2.